The minimum Gasteiger partial charge on any atom is -0.334 e. The first-order chi connectivity index (χ1) is 13.2. The van der Waals surface area contributed by atoms with Crippen LogP contribution in [0, 0.1) is 0 Å². The number of carbonyl (C=O) groups excluding carboxylic acids is 2. The maximum atomic E-state index is 11.6. The van der Waals surface area contributed by atoms with Crippen LogP contribution < -0.4 is 5.32 Å². The highest BCUT2D eigenvalue weighted by Crippen LogP contribution is 2.07. The second kappa shape index (κ2) is 17.6. The van der Waals surface area contributed by atoms with Gasteiger partial charge in [0.15, 0.2) is 0 Å². The molecule has 1 aromatic rings. The Morgan fingerprint density at radius 3 is 2.15 bits per heavy atom. The summed E-state index contributed by atoms with van der Waals surface area (Å²) in [5, 5.41) is 2.93. The number of urea groups is 1. The number of ketones is 1. The number of unbranched alkanes of at least 4 members (excludes halogenated alkanes) is 3. The van der Waals surface area contributed by atoms with Gasteiger partial charge >= 0.3 is 6.03 Å². The molecule has 4 heteroatoms. The van der Waals surface area contributed by atoms with E-state index in [9.17, 15) is 9.59 Å². The molecule has 154 valence electrons. The van der Waals surface area contributed by atoms with Crippen LogP contribution in [0.25, 0.3) is 0 Å². The molecule has 1 aromatic carbocycles. The van der Waals surface area contributed by atoms with Gasteiger partial charge in [-0.2, -0.15) is 0 Å². The molecule has 1 N–H and O–H groups in total. The lowest BCUT2D eigenvalue weighted by molar-refractivity contribution is -0.118. The molecule has 2 rings (SSSR count). The average molecular weight is 377 g/mol. The number of carbonyl (C=O) groups is 2. The molecule has 1 aliphatic heterocycles. The Morgan fingerprint density at radius 2 is 1.59 bits per heavy atom. The summed E-state index contributed by atoms with van der Waals surface area (Å²) in [7, 11) is 0. The first kappa shape index (κ1) is 25.2. The van der Waals surface area contributed by atoms with Gasteiger partial charge in [-0.15, -0.1) is 0 Å². The third-order valence-corrected chi connectivity index (χ3v) is 4.38. The standard InChI is InChI=1S/C12H16N2O.C9H18O.C2H6/c15-12(14-8-4-5-9-14)13-10-11-6-2-1-3-7-11;1-3-5-6-7-8-9(10)4-2;1-2/h1-3,6-7H,4-5,8-10H2,(H,13,15);3-8H2,1-2H3;1-2H3. The van der Waals surface area contributed by atoms with Crippen LogP contribution in [0.5, 0.6) is 0 Å². The molecular formula is C23H40N2O2. The highest BCUT2D eigenvalue weighted by atomic mass is 16.2. The van der Waals surface area contributed by atoms with Crippen molar-refractivity contribution < 1.29 is 9.59 Å². The fourth-order valence-electron chi connectivity index (χ4n) is 2.73. The van der Waals surface area contributed by atoms with Crippen LogP contribution in [0.3, 0.4) is 0 Å². The summed E-state index contributed by atoms with van der Waals surface area (Å²) in [6.07, 6.45) is 8.64. The zero-order valence-corrected chi connectivity index (χ0v) is 17.9. The van der Waals surface area contributed by atoms with Gasteiger partial charge in [-0.05, 0) is 24.8 Å². The molecule has 0 atom stereocenters. The summed E-state index contributed by atoms with van der Waals surface area (Å²) in [5.74, 6) is 0.413. The van der Waals surface area contributed by atoms with Crippen LogP contribution in [0.2, 0.25) is 0 Å². The third kappa shape index (κ3) is 13.0. The molecule has 1 aliphatic rings. The highest BCUT2D eigenvalue weighted by molar-refractivity contribution is 5.77. The minimum absolute atomic E-state index is 0.0661. The lowest BCUT2D eigenvalue weighted by Gasteiger charge is -2.16. The van der Waals surface area contributed by atoms with Crippen molar-refractivity contribution in [2.75, 3.05) is 13.1 Å². The molecule has 0 bridgehead atoms. The van der Waals surface area contributed by atoms with Crippen LogP contribution in [0.1, 0.15) is 84.6 Å². The van der Waals surface area contributed by atoms with Crippen molar-refractivity contribution in [3.8, 4) is 0 Å². The van der Waals surface area contributed by atoms with E-state index in [4.69, 9.17) is 0 Å². The molecule has 0 unspecified atom stereocenters. The zero-order chi connectivity index (χ0) is 20.3. The average Bonchev–Trinajstić information content (AvgIpc) is 3.27. The lowest BCUT2D eigenvalue weighted by atomic mass is 10.1. The summed E-state index contributed by atoms with van der Waals surface area (Å²) in [5.41, 5.74) is 1.14. The number of nitrogens with one attached hydrogen (secondary N) is 1. The Morgan fingerprint density at radius 1 is 0.963 bits per heavy atom. The van der Waals surface area contributed by atoms with E-state index in [-0.39, 0.29) is 6.03 Å². The first-order valence-corrected chi connectivity index (χ1v) is 10.8. The Bertz CT molecular complexity index is 482. The van der Waals surface area contributed by atoms with Crippen LogP contribution >= 0.6 is 0 Å². The predicted octanol–water partition coefficient (Wildman–Crippen LogP) is 5.95. The Labute approximate surface area is 166 Å². The number of benzene rings is 1. The molecule has 0 aromatic heterocycles. The van der Waals surface area contributed by atoms with Gasteiger partial charge in [0, 0.05) is 32.5 Å². The molecule has 4 nitrogen and oxygen atoms in total. The number of rotatable bonds is 8. The fraction of sp³-hybridized carbons (Fsp3) is 0.652. The molecule has 0 saturated carbocycles. The van der Waals surface area contributed by atoms with E-state index in [0.29, 0.717) is 18.7 Å². The van der Waals surface area contributed by atoms with Crippen molar-refractivity contribution in [2.45, 2.75) is 85.6 Å². The summed E-state index contributed by atoms with van der Waals surface area (Å²) in [6, 6.07) is 10.0. The molecule has 0 spiro atoms. The van der Waals surface area contributed by atoms with Gasteiger partial charge in [0.1, 0.15) is 5.78 Å². The van der Waals surface area contributed by atoms with Crippen molar-refractivity contribution in [2.24, 2.45) is 0 Å². The van der Waals surface area contributed by atoms with Crippen molar-refractivity contribution >= 4 is 11.8 Å². The second-order valence-corrected chi connectivity index (χ2v) is 6.54. The van der Waals surface area contributed by atoms with Crippen LogP contribution in [-0.4, -0.2) is 29.8 Å². The quantitative estimate of drug-likeness (QED) is 0.570. The monoisotopic (exact) mass is 376 g/mol. The summed E-state index contributed by atoms with van der Waals surface area (Å²) < 4.78 is 0. The zero-order valence-electron chi connectivity index (χ0n) is 17.9. The molecule has 27 heavy (non-hydrogen) atoms. The number of likely N-dealkylation sites (tertiary alicyclic amines) is 1. The van der Waals surface area contributed by atoms with Crippen LogP contribution in [0.15, 0.2) is 30.3 Å². The topological polar surface area (TPSA) is 49.4 Å². The van der Waals surface area contributed by atoms with Crippen LogP contribution in [0.4, 0.5) is 4.79 Å². The highest BCUT2D eigenvalue weighted by Gasteiger charge is 2.16. The Balaban J connectivity index is 0.000000495. The van der Waals surface area contributed by atoms with Gasteiger partial charge < -0.3 is 10.2 Å². The largest absolute Gasteiger partial charge is 0.334 e. The maximum absolute atomic E-state index is 11.6. The SMILES string of the molecule is CC.CCCCCCC(=O)CC.O=C(NCc1ccccc1)N1CCCC1. The summed E-state index contributed by atoms with van der Waals surface area (Å²) >= 11 is 0. The van der Waals surface area contributed by atoms with Crippen molar-refractivity contribution in [1.29, 1.82) is 0 Å². The number of Topliss-reactive ketones (excluding diaryl/α,β-unsaturated/α-hetero) is 1. The van der Waals surface area contributed by atoms with E-state index in [1.54, 1.807) is 0 Å². The number of hydrogen-bond acceptors (Lipinski definition) is 2. The normalized spacial score (nSPS) is 12.4. The van der Waals surface area contributed by atoms with E-state index >= 15 is 0 Å². The molecule has 2 amide bonds. The van der Waals surface area contributed by atoms with Gasteiger partial charge in [-0.25, -0.2) is 4.79 Å². The van der Waals surface area contributed by atoms with Gasteiger partial charge in [0.25, 0.3) is 0 Å². The number of amides is 2. The van der Waals surface area contributed by atoms with E-state index in [0.717, 1.165) is 44.3 Å². The second-order valence-electron chi connectivity index (χ2n) is 6.54. The van der Waals surface area contributed by atoms with E-state index in [1.165, 1.54) is 19.3 Å². The predicted molar refractivity (Wildman–Crippen MR) is 115 cm³/mol. The molecule has 1 fully saturated rings. The first-order valence-electron chi connectivity index (χ1n) is 10.8. The van der Waals surface area contributed by atoms with Gasteiger partial charge in [0.2, 0.25) is 0 Å². The van der Waals surface area contributed by atoms with Gasteiger partial charge in [-0.1, -0.05) is 77.3 Å². The van der Waals surface area contributed by atoms with Crippen molar-refractivity contribution in [3.05, 3.63) is 35.9 Å². The Hall–Kier alpha value is -1.84. The van der Waals surface area contributed by atoms with E-state index in [2.05, 4.69) is 12.2 Å². The smallest absolute Gasteiger partial charge is 0.317 e. The fourth-order valence-corrected chi connectivity index (χ4v) is 2.73. The van der Waals surface area contributed by atoms with Gasteiger partial charge in [0.05, 0.1) is 0 Å². The van der Waals surface area contributed by atoms with E-state index in [1.807, 2.05) is 56.0 Å². The van der Waals surface area contributed by atoms with Crippen molar-refractivity contribution in [1.82, 2.24) is 10.2 Å². The van der Waals surface area contributed by atoms with E-state index < -0.39 is 0 Å². The third-order valence-electron chi connectivity index (χ3n) is 4.38. The number of hydrogen-bond donors (Lipinski definition) is 1. The van der Waals surface area contributed by atoms with Crippen molar-refractivity contribution in [3.63, 3.8) is 0 Å². The maximum Gasteiger partial charge on any atom is 0.317 e. The Kier molecular flexibility index (Phi) is 16.4. The molecule has 0 radical (unpaired) electrons. The number of nitrogens with zero attached hydrogens (tertiary/aromatic N) is 1. The van der Waals surface area contributed by atoms with Gasteiger partial charge in [-0.3, -0.25) is 4.79 Å². The minimum atomic E-state index is 0.0661. The summed E-state index contributed by atoms with van der Waals surface area (Å²) in [6.45, 7) is 10.5. The lowest BCUT2D eigenvalue weighted by Crippen LogP contribution is -2.37. The molecule has 1 heterocycles. The molecule has 1 saturated heterocycles. The summed E-state index contributed by atoms with van der Waals surface area (Å²) in [4.78, 5) is 24.3. The molecule has 0 aliphatic carbocycles. The van der Waals surface area contributed by atoms with Crippen LogP contribution in [-0.2, 0) is 11.3 Å². The molecular weight excluding hydrogens is 336 g/mol.